The molecule has 3 heterocycles. The summed E-state index contributed by atoms with van der Waals surface area (Å²) in [5.74, 6) is 0.790. The molecule has 1 N–H and O–H groups in total. The lowest BCUT2D eigenvalue weighted by Gasteiger charge is -2.39. The molecule has 0 aromatic heterocycles. The van der Waals surface area contributed by atoms with Gasteiger partial charge in [-0.3, -0.25) is 4.90 Å². The molecule has 0 aliphatic carbocycles. The van der Waals surface area contributed by atoms with E-state index in [1.165, 1.54) is 65.1 Å². The van der Waals surface area contributed by atoms with Crippen LogP contribution in [-0.2, 0) is 4.74 Å². The second-order valence-electron chi connectivity index (χ2n) is 6.07. The van der Waals surface area contributed by atoms with Gasteiger partial charge in [0, 0.05) is 51.9 Å². The maximum atomic E-state index is 5.58. The first kappa shape index (κ1) is 12.9. The van der Waals surface area contributed by atoms with E-state index in [-0.39, 0.29) is 0 Å². The average Bonchev–Trinajstić information content (AvgIpc) is 2.95. The lowest BCUT2D eigenvalue weighted by Crippen LogP contribution is -2.52. The zero-order valence-corrected chi connectivity index (χ0v) is 11.4. The number of nitrogens with one attached hydrogen (secondary N) is 1. The molecule has 18 heavy (non-hydrogen) atoms. The van der Waals surface area contributed by atoms with Gasteiger partial charge in [0.25, 0.3) is 0 Å². The third-order valence-corrected chi connectivity index (χ3v) is 4.73. The Kier molecular flexibility index (Phi) is 4.52. The Morgan fingerprint density at radius 3 is 2.67 bits per heavy atom. The fourth-order valence-electron chi connectivity index (χ4n) is 3.58. The molecule has 3 aliphatic heterocycles. The van der Waals surface area contributed by atoms with E-state index in [4.69, 9.17) is 4.74 Å². The zero-order valence-electron chi connectivity index (χ0n) is 11.4. The van der Waals surface area contributed by atoms with Crippen LogP contribution in [0.25, 0.3) is 0 Å². The Hall–Kier alpha value is -0.160. The summed E-state index contributed by atoms with van der Waals surface area (Å²) < 4.78 is 5.58. The number of ether oxygens (including phenoxy) is 1. The van der Waals surface area contributed by atoms with Crippen molar-refractivity contribution in [2.45, 2.75) is 25.3 Å². The van der Waals surface area contributed by atoms with E-state index < -0.39 is 0 Å². The van der Waals surface area contributed by atoms with Gasteiger partial charge in [0.2, 0.25) is 0 Å². The summed E-state index contributed by atoms with van der Waals surface area (Å²) >= 11 is 0. The lowest BCUT2D eigenvalue weighted by atomic mass is 10.0. The van der Waals surface area contributed by atoms with Gasteiger partial charge in [0.1, 0.15) is 0 Å². The van der Waals surface area contributed by atoms with E-state index in [0.29, 0.717) is 0 Å². The van der Waals surface area contributed by atoms with E-state index in [1.807, 2.05) is 0 Å². The number of hydrogen-bond acceptors (Lipinski definition) is 4. The molecule has 3 aliphatic rings. The minimum atomic E-state index is 0.790. The molecular formula is C14H27N3O. The molecule has 0 aromatic carbocycles. The van der Waals surface area contributed by atoms with Crippen molar-refractivity contribution < 1.29 is 4.74 Å². The molecule has 0 aromatic rings. The maximum Gasteiger partial charge on any atom is 0.0506 e. The molecule has 104 valence electrons. The van der Waals surface area contributed by atoms with Crippen molar-refractivity contribution in [3.8, 4) is 0 Å². The van der Waals surface area contributed by atoms with E-state index in [1.54, 1.807) is 0 Å². The molecule has 0 radical (unpaired) electrons. The number of nitrogens with zero attached hydrogens (tertiary/aromatic N) is 2. The lowest BCUT2D eigenvalue weighted by molar-refractivity contribution is 0.0248. The summed E-state index contributed by atoms with van der Waals surface area (Å²) in [7, 11) is 0. The van der Waals surface area contributed by atoms with Crippen LogP contribution in [0.1, 0.15) is 19.3 Å². The standard InChI is InChI=1S/C14H27N3O/c1-2-13(12-18-9-1)11-16-5-7-17(8-6-16)14-3-4-15-10-14/h13-15H,1-12H2. The molecule has 4 nitrogen and oxygen atoms in total. The quantitative estimate of drug-likeness (QED) is 0.787. The highest BCUT2D eigenvalue weighted by atomic mass is 16.5. The summed E-state index contributed by atoms with van der Waals surface area (Å²) in [5.41, 5.74) is 0. The van der Waals surface area contributed by atoms with Crippen LogP contribution in [0.4, 0.5) is 0 Å². The van der Waals surface area contributed by atoms with Crippen molar-refractivity contribution in [1.29, 1.82) is 0 Å². The highest BCUT2D eigenvalue weighted by molar-refractivity contribution is 4.84. The maximum absolute atomic E-state index is 5.58. The monoisotopic (exact) mass is 253 g/mol. The average molecular weight is 253 g/mol. The Bertz CT molecular complexity index is 241. The minimum absolute atomic E-state index is 0.790. The third-order valence-electron chi connectivity index (χ3n) is 4.73. The topological polar surface area (TPSA) is 27.7 Å². The van der Waals surface area contributed by atoms with E-state index in [2.05, 4.69) is 15.1 Å². The second kappa shape index (κ2) is 6.33. The van der Waals surface area contributed by atoms with Crippen LogP contribution < -0.4 is 5.32 Å². The van der Waals surface area contributed by atoms with Crippen molar-refractivity contribution in [2.75, 3.05) is 59.0 Å². The van der Waals surface area contributed by atoms with E-state index in [9.17, 15) is 0 Å². The van der Waals surface area contributed by atoms with Gasteiger partial charge >= 0.3 is 0 Å². The first-order valence-electron chi connectivity index (χ1n) is 7.67. The first-order valence-corrected chi connectivity index (χ1v) is 7.67. The highest BCUT2D eigenvalue weighted by Crippen LogP contribution is 2.17. The van der Waals surface area contributed by atoms with E-state index >= 15 is 0 Å². The van der Waals surface area contributed by atoms with Crippen LogP contribution in [0, 0.1) is 5.92 Å². The van der Waals surface area contributed by atoms with Gasteiger partial charge in [-0.25, -0.2) is 0 Å². The molecule has 2 atom stereocenters. The number of hydrogen-bond donors (Lipinski definition) is 1. The summed E-state index contributed by atoms with van der Waals surface area (Å²) in [6.07, 6.45) is 3.97. The highest BCUT2D eigenvalue weighted by Gasteiger charge is 2.27. The molecule has 3 rings (SSSR count). The van der Waals surface area contributed by atoms with Crippen LogP contribution >= 0.6 is 0 Å². The summed E-state index contributed by atoms with van der Waals surface area (Å²) in [6, 6.07) is 0.810. The van der Waals surface area contributed by atoms with Gasteiger partial charge in [0.15, 0.2) is 0 Å². The smallest absolute Gasteiger partial charge is 0.0506 e. The normalized spacial score (nSPS) is 36.0. The molecule has 3 saturated heterocycles. The third kappa shape index (κ3) is 3.23. The zero-order chi connectivity index (χ0) is 12.2. The first-order chi connectivity index (χ1) is 8.92. The van der Waals surface area contributed by atoms with Crippen molar-refractivity contribution in [2.24, 2.45) is 5.92 Å². The molecular weight excluding hydrogens is 226 g/mol. The minimum Gasteiger partial charge on any atom is -0.381 e. The molecule has 2 unspecified atom stereocenters. The largest absolute Gasteiger partial charge is 0.381 e. The van der Waals surface area contributed by atoms with Crippen LogP contribution in [0.15, 0.2) is 0 Å². The summed E-state index contributed by atoms with van der Waals surface area (Å²) in [6.45, 7) is 10.7. The van der Waals surface area contributed by atoms with Crippen molar-refractivity contribution in [1.82, 2.24) is 15.1 Å². The second-order valence-corrected chi connectivity index (χ2v) is 6.07. The molecule has 3 fully saturated rings. The Morgan fingerprint density at radius 2 is 2.00 bits per heavy atom. The summed E-state index contributed by atoms with van der Waals surface area (Å²) in [4.78, 5) is 5.34. The van der Waals surface area contributed by atoms with E-state index in [0.717, 1.165) is 25.2 Å². The predicted molar refractivity (Wildman–Crippen MR) is 72.8 cm³/mol. The molecule has 0 amide bonds. The molecule has 0 saturated carbocycles. The predicted octanol–water partition coefficient (Wildman–Crippen LogP) is 0.393. The van der Waals surface area contributed by atoms with Gasteiger partial charge in [0.05, 0.1) is 6.61 Å². The van der Waals surface area contributed by atoms with Crippen LogP contribution in [0.3, 0.4) is 0 Å². The van der Waals surface area contributed by atoms with Crippen molar-refractivity contribution in [3.05, 3.63) is 0 Å². The summed E-state index contributed by atoms with van der Waals surface area (Å²) in [5, 5.41) is 3.47. The van der Waals surface area contributed by atoms with Gasteiger partial charge in [-0.2, -0.15) is 0 Å². The van der Waals surface area contributed by atoms with Crippen molar-refractivity contribution >= 4 is 0 Å². The van der Waals surface area contributed by atoms with Gasteiger partial charge in [-0.05, 0) is 31.7 Å². The molecule has 0 bridgehead atoms. The van der Waals surface area contributed by atoms with Crippen LogP contribution in [0.2, 0.25) is 0 Å². The van der Waals surface area contributed by atoms with Crippen molar-refractivity contribution in [3.63, 3.8) is 0 Å². The molecule has 0 spiro atoms. The number of piperazine rings is 1. The van der Waals surface area contributed by atoms with Crippen LogP contribution in [0.5, 0.6) is 0 Å². The SMILES string of the molecule is C1COCC(CN2CCN(C3CCNC3)CC2)C1. The Labute approximate surface area is 111 Å². The Balaban J connectivity index is 1.39. The van der Waals surface area contributed by atoms with Crippen LogP contribution in [-0.4, -0.2) is 74.9 Å². The fourth-order valence-corrected chi connectivity index (χ4v) is 3.58. The van der Waals surface area contributed by atoms with Gasteiger partial charge < -0.3 is 15.0 Å². The number of rotatable bonds is 3. The van der Waals surface area contributed by atoms with Gasteiger partial charge in [-0.1, -0.05) is 0 Å². The molecule has 4 heteroatoms. The van der Waals surface area contributed by atoms with Gasteiger partial charge in [-0.15, -0.1) is 0 Å². The fraction of sp³-hybridized carbons (Fsp3) is 1.00. The Morgan fingerprint density at radius 1 is 1.11 bits per heavy atom.